The van der Waals surface area contributed by atoms with E-state index in [1.165, 1.54) is 6.08 Å². The number of rotatable bonds is 3. The molecule has 7 heteroatoms. The summed E-state index contributed by atoms with van der Waals surface area (Å²) >= 11 is 6.55. The Kier molecular flexibility index (Phi) is 4.73. The smallest absolute Gasteiger partial charge is 0.246 e. The maximum Gasteiger partial charge on any atom is 0.246 e. The monoisotopic (exact) mass is 379 g/mol. The Balaban J connectivity index is 1.68. The van der Waals surface area contributed by atoms with Gasteiger partial charge in [-0.1, -0.05) is 24.2 Å². The van der Waals surface area contributed by atoms with Crippen molar-refractivity contribution in [2.24, 2.45) is 0 Å². The summed E-state index contributed by atoms with van der Waals surface area (Å²) in [5.74, 6) is 0.797. The SMILES string of the molecule is C=CC(=O)N1CCN(c2ncnc3cc(-c4ccccn4)c(Cl)cc23)CC1. The van der Waals surface area contributed by atoms with Gasteiger partial charge in [-0.3, -0.25) is 9.78 Å². The molecule has 0 radical (unpaired) electrons. The Bertz CT molecular complexity index is 1000. The minimum Gasteiger partial charge on any atom is -0.352 e. The number of carbonyl (C=O) groups is 1. The van der Waals surface area contributed by atoms with E-state index < -0.39 is 0 Å². The number of anilines is 1. The largest absolute Gasteiger partial charge is 0.352 e. The average molecular weight is 380 g/mol. The van der Waals surface area contributed by atoms with Gasteiger partial charge in [0.25, 0.3) is 0 Å². The van der Waals surface area contributed by atoms with E-state index in [1.54, 1.807) is 17.4 Å². The Labute approximate surface area is 162 Å². The zero-order valence-corrected chi connectivity index (χ0v) is 15.4. The molecule has 0 N–H and O–H groups in total. The topological polar surface area (TPSA) is 62.2 Å². The first-order chi connectivity index (χ1) is 13.2. The third kappa shape index (κ3) is 3.36. The molecule has 0 aliphatic carbocycles. The van der Waals surface area contributed by atoms with Crippen LogP contribution in [0.1, 0.15) is 0 Å². The lowest BCUT2D eigenvalue weighted by Crippen LogP contribution is -2.48. The Hall–Kier alpha value is -2.99. The number of pyridine rings is 1. The molecule has 136 valence electrons. The van der Waals surface area contributed by atoms with Gasteiger partial charge in [-0.25, -0.2) is 9.97 Å². The molecule has 3 aromatic rings. The van der Waals surface area contributed by atoms with Crippen LogP contribution in [0.5, 0.6) is 0 Å². The number of piperazine rings is 1. The van der Waals surface area contributed by atoms with Crippen molar-refractivity contribution in [1.29, 1.82) is 0 Å². The lowest BCUT2D eigenvalue weighted by Gasteiger charge is -2.35. The summed E-state index contributed by atoms with van der Waals surface area (Å²) in [6.07, 6.45) is 4.66. The van der Waals surface area contributed by atoms with Crippen molar-refractivity contribution in [2.75, 3.05) is 31.1 Å². The maximum atomic E-state index is 11.8. The number of hydrogen-bond acceptors (Lipinski definition) is 5. The molecule has 1 saturated heterocycles. The minimum atomic E-state index is -0.0368. The molecule has 1 aliphatic rings. The number of aromatic nitrogens is 3. The lowest BCUT2D eigenvalue weighted by atomic mass is 10.1. The van der Waals surface area contributed by atoms with Gasteiger partial charge in [0.1, 0.15) is 12.1 Å². The van der Waals surface area contributed by atoms with E-state index in [1.807, 2.05) is 30.3 Å². The molecule has 2 aromatic heterocycles. The molecular weight excluding hydrogens is 362 g/mol. The molecule has 1 fully saturated rings. The van der Waals surface area contributed by atoms with Crippen molar-refractivity contribution in [3.8, 4) is 11.3 Å². The molecule has 1 aromatic carbocycles. The first-order valence-corrected chi connectivity index (χ1v) is 9.07. The Morgan fingerprint density at radius 3 is 2.63 bits per heavy atom. The summed E-state index contributed by atoms with van der Waals surface area (Å²) in [7, 11) is 0. The summed E-state index contributed by atoms with van der Waals surface area (Å²) in [6.45, 7) is 6.22. The predicted molar refractivity (Wildman–Crippen MR) is 107 cm³/mol. The molecule has 6 nitrogen and oxygen atoms in total. The predicted octanol–water partition coefficient (Wildman–Crippen LogP) is 3.18. The number of nitrogens with zero attached hydrogens (tertiary/aromatic N) is 5. The molecule has 1 amide bonds. The van der Waals surface area contributed by atoms with Crippen LogP contribution in [0.4, 0.5) is 5.82 Å². The quantitative estimate of drug-likeness (QED) is 0.654. The molecule has 3 heterocycles. The number of amides is 1. The fourth-order valence-corrected chi connectivity index (χ4v) is 3.56. The van der Waals surface area contributed by atoms with Crippen molar-refractivity contribution < 1.29 is 4.79 Å². The van der Waals surface area contributed by atoms with Crippen molar-refractivity contribution >= 4 is 34.2 Å². The highest BCUT2D eigenvalue weighted by molar-refractivity contribution is 6.34. The van der Waals surface area contributed by atoms with Gasteiger partial charge in [0, 0.05) is 43.3 Å². The summed E-state index contributed by atoms with van der Waals surface area (Å²) < 4.78 is 0. The summed E-state index contributed by atoms with van der Waals surface area (Å²) in [5, 5.41) is 1.50. The van der Waals surface area contributed by atoms with Gasteiger partial charge in [0.2, 0.25) is 5.91 Å². The lowest BCUT2D eigenvalue weighted by molar-refractivity contribution is -0.126. The molecular formula is C20H18ClN5O. The maximum absolute atomic E-state index is 11.8. The molecule has 0 atom stereocenters. The minimum absolute atomic E-state index is 0.0368. The van der Waals surface area contributed by atoms with Gasteiger partial charge >= 0.3 is 0 Å². The zero-order valence-electron chi connectivity index (χ0n) is 14.7. The number of halogens is 1. The first kappa shape index (κ1) is 17.4. The normalized spacial score (nSPS) is 14.4. The van der Waals surface area contributed by atoms with Crippen LogP contribution < -0.4 is 4.90 Å². The summed E-state index contributed by atoms with van der Waals surface area (Å²) in [5.41, 5.74) is 2.46. The van der Waals surface area contributed by atoms with Crippen LogP contribution in [0, 0.1) is 0 Å². The number of hydrogen-bond donors (Lipinski definition) is 0. The van der Waals surface area contributed by atoms with E-state index in [4.69, 9.17) is 11.6 Å². The third-order valence-electron chi connectivity index (χ3n) is 4.71. The fourth-order valence-electron chi connectivity index (χ4n) is 3.30. The molecule has 0 unspecified atom stereocenters. The molecule has 0 bridgehead atoms. The second-order valence-corrected chi connectivity index (χ2v) is 6.69. The van der Waals surface area contributed by atoms with Crippen LogP contribution in [0.2, 0.25) is 5.02 Å². The van der Waals surface area contributed by atoms with Gasteiger partial charge in [0.15, 0.2) is 0 Å². The molecule has 1 aliphatic heterocycles. The van der Waals surface area contributed by atoms with E-state index in [-0.39, 0.29) is 5.91 Å². The second kappa shape index (κ2) is 7.32. The van der Waals surface area contributed by atoms with Crippen LogP contribution >= 0.6 is 11.6 Å². The fraction of sp³-hybridized carbons (Fsp3) is 0.200. The third-order valence-corrected chi connectivity index (χ3v) is 5.02. The number of carbonyl (C=O) groups excluding carboxylic acids is 1. The molecule has 27 heavy (non-hydrogen) atoms. The average Bonchev–Trinajstić information content (AvgIpc) is 2.73. The zero-order chi connectivity index (χ0) is 18.8. The molecule has 0 saturated carbocycles. The molecule has 0 spiro atoms. The first-order valence-electron chi connectivity index (χ1n) is 8.69. The second-order valence-electron chi connectivity index (χ2n) is 6.28. The van der Waals surface area contributed by atoms with Gasteiger partial charge in [0.05, 0.1) is 16.2 Å². The highest BCUT2D eigenvalue weighted by Crippen LogP contribution is 2.33. The van der Waals surface area contributed by atoms with Crippen LogP contribution in [0.3, 0.4) is 0 Å². The highest BCUT2D eigenvalue weighted by atomic mass is 35.5. The van der Waals surface area contributed by atoms with E-state index in [2.05, 4.69) is 26.4 Å². The van der Waals surface area contributed by atoms with E-state index in [9.17, 15) is 4.79 Å². The van der Waals surface area contributed by atoms with Gasteiger partial charge in [-0.15, -0.1) is 0 Å². The summed E-state index contributed by atoms with van der Waals surface area (Å²) in [6, 6.07) is 9.57. The van der Waals surface area contributed by atoms with Crippen LogP contribution in [-0.2, 0) is 4.79 Å². The van der Waals surface area contributed by atoms with Gasteiger partial charge in [-0.05, 0) is 30.3 Å². The van der Waals surface area contributed by atoms with E-state index in [0.29, 0.717) is 31.2 Å². The Morgan fingerprint density at radius 2 is 1.93 bits per heavy atom. The van der Waals surface area contributed by atoms with Crippen LogP contribution in [0.15, 0.2) is 55.5 Å². The van der Waals surface area contributed by atoms with E-state index in [0.717, 1.165) is 28.0 Å². The molecule has 4 rings (SSSR count). The van der Waals surface area contributed by atoms with Crippen molar-refractivity contribution in [1.82, 2.24) is 19.9 Å². The number of fused-ring (bicyclic) bond motifs is 1. The van der Waals surface area contributed by atoms with E-state index >= 15 is 0 Å². The number of benzene rings is 1. The van der Waals surface area contributed by atoms with Gasteiger partial charge in [-0.2, -0.15) is 0 Å². The van der Waals surface area contributed by atoms with Crippen molar-refractivity contribution in [3.05, 3.63) is 60.5 Å². The Morgan fingerprint density at radius 1 is 1.11 bits per heavy atom. The highest BCUT2D eigenvalue weighted by Gasteiger charge is 2.22. The van der Waals surface area contributed by atoms with Crippen molar-refractivity contribution in [2.45, 2.75) is 0 Å². The van der Waals surface area contributed by atoms with Crippen LogP contribution in [0.25, 0.3) is 22.2 Å². The van der Waals surface area contributed by atoms with Crippen LogP contribution in [-0.4, -0.2) is 51.9 Å². The summed E-state index contributed by atoms with van der Waals surface area (Å²) in [4.78, 5) is 29.0. The standard InChI is InChI=1S/C20H18ClN5O/c1-2-19(27)25-7-9-26(10-8-25)20-15-11-16(21)14(12-18(15)23-13-24-20)17-5-3-4-6-22-17/h2-6,11-13H,1,7-10H2. The van der Waals surface area contributed by atoms with Crippen molar-refractivity contribution in [3.63, 3.8) is 0 Å². The van der Waals surface area contributed by atoms with Gasteiger partial charge < -0.3 is 9.80 Å².